The Morgan fingerprint density at radius 1 is 1.12 bits per heavy atom. The molecule has 0 saturated heterocycles. The number of aryl methyl sites for hydroxylation is 1. The molecule has 2 N–H and O–H groups in total. The minimum absolute atomic E-state index is 0.0802. The lowest BCUT2D eigenvalue weighted by atomic mass is 10.1. The molecule has 0 bridgehead atoms. The third kappa shape index (κ3) is 6.37. The quantitative estimate of drug-likeness (QED) is 0.780. The summed E-state index contributed by atoms with van der Waals surface area (Å²) in [6, 6.07) is 12.5. The van der Waals surface area contributed by atoms with Gasteiger partial charge in [0, 0.05) is 12.2 Å². The van der Waals surface area contributed by atoms with E-state index in [0.717, 1.165) is 24.1 Å². The Balaban J connectivity index is 1.93. The molecular formula is C18H19F3N2O2. The van der Waals surface area contributed by atoms with E-state index in [1.807, 2.05) is 31.2 Å². The zero-order valence-corrected chi connectivity index (χ0v) is 13.7. The topological polar surface area (TPSA) is 50.4 Å². The van der Waals surface area contributed by atoms with E-state index in [0.29, 0.717) is 5.56 Å². The van der Waals surface area contributed by atoms with Gasteiger partial charge in [-0.2, -0.15) is 0 Å². The van der Waals surface area contributed by atoms with E-state index in [9.17, 15) is 18.0 Å². The van der Waals surface area contributed by atoms with Crippen molar-refractivity contribution in [3.63, 3.8) is 0 Å². The number of hydrogen-bond donors (Lipinski definition) is 2. The summed E-state index contributed by atoms with van der Waals surface area (Å²) in [5, 5.41) is 5.38. The predicted octanol–water partition coefficient (Wildman–Crippen LogP) is 4.86. The summed E-state index contributed by atoms with van der Waals surface area (Å²) in [5.41, 5.74) is 2.25. The normalized spacial score (nSPS) is 11.0. The van der Waals surface area contributed by atoms with Crippen LogP contribution < -0.4 is 15.4 Å². The molecule has 134 valence electrons. The minimum atomic E-state index is -4.74. The van der Waals surface area contributed by atoms with Crippen molar-refractivity contribution in [1.29, 1.82) is 0 Å². The number of alkyl halides is 3. The van der Waals surface area contributed by atoms with Crippen LogP contribution in [0.3, 0.4) is 0 Å². The molecule has 0 unspecified atom stereocenters. The Bertz CT molecular complexity index is 717. The maximum absolute atomic E-state index is 12.2. The summed E-state index contributed by atoms with van der Waals surface area (Å²) >= 11 is 0. The van der Waals surface area contributed by atoms with Crippen molar-refractivity contribution in [3.05, 3.63) is 59.7 Å². The number of ether oxygens (including phenoxy) is 1. The first-order chi connectivity index (χ1) is 11.9. The molecule has 2 aromatic rings. The molecule has 0 aliphatic carbocycles. The van der Waals surface area contributed by atoms with Crippen LogP contribution in [-0.4, -0.2) is 12.4 Å². The molecule has 7 heteroatoms. The molecule has 2 rings (SSSR count). The van der Waals surface area contributed by atoms with E-state index in [4.69, 9.17) is 0 Å². The first-order valence-electron chi connectivity index (χ1n) is 7.85. The lowest BCUT2D eigenvalue weighted by Crippen LogP contribution is -2.28. The number of anilines is 1. The number of carbonyl (C=O) groups excluding carboxylic acids is 1. The number of nitrogens with one attached hydrogen (secondary N) is 2. The van der Waals surface area contributed by atoms with E-state index < -0.39 is 12.4 Å². The molecule has 0 fully saturated rings. The molecular weight excluding hydrogens is 333 g/mol. The van der Waals surface area contributed by atoms with Gasteiger partial charge >= 0.3 is 12.4 Å². The van der Waals surface area contributed by atoms with Crippen LogP contribution in [0.2, 0.25) is 0 Å². The van der Waals surface area contributed by atoms with Crippen molar-refractivity contribution in [2.75, 3.05) is 5.32 Å². The average Bonchev–Trinajstić information content (AvgIpc) is 2.54. The van der Waals surface area contributed by atoms with Crippen LogP contribution in [0.25, 0.3) is 0 Å². The number of urea groups is 1. The van der Waals surface area contributed by atoms with Gasteiger partial charge < -0.3 is 15.4 Å². The van der Waals surface area contributed by atoms with Crippen LogP contribution in [0.15, 0.2) is 48.5 Å². The number of benzene rings is 2. The Kier molecular flexibility index (Phi) is 6.27. The number of halogens is 3. The summed E-state index contributed by atoms with van der Waals surface area (Å²) in [5.74, 6) is -0.319. The molecule has 0 saturated carbocycles. The summed E-state index contributed by atoms with van der Waals surface area (Å²) in [6.45, 7) is 2.13. The zero-order valence-electron chi connectivity index (χ0n) is 13.7. The lowest BCUT2D eigenvalue weighted by Gasteiger charge is -2.12. The van der Waals surface area contributed by atoms with Crippen molar-refractivity contribution in [2.24, 2.45) is 0 Å². The molecule has 0 aromatic heterocycles. The van der Waals surface area contributed by atoms with E-state index in [1.54, 1.807) is 6.07 Å². The van der Waals surface area contributed by atoms with Gasteiger partial charge in [0.2, 0.25) is 0 Å². The number of hydrogen-bond acceptors (Lipinski definition) is 2. The molecule has 2 amide bonds. The highest BCUT2D eigenvalue weighted by atomic mass is 19.4. The standard InChI is InChI=1S/C18H19F3N2O2/c1-2-6-14-8-3-4-10-16(14)23-17(24)22-12-13-7-5-9-15(11-13)25-18(19,20)21/h3-5,7-11H,2,6,12H2,1H3,(H2,22,23,24). The average molecular weight is 352 g/mol. The van der Waals surface area contributed by atoms with Gasteiger partial charge in [-0.15, -0.1) is 13.2 Å². The van der Waals surface area contributed by atoms with Gasteiger partial charge in [0.15, 0.2) is 0 Å². The summed E-state index contributed by atoms with van der Waals surface area (Å²) in [7, 11) is 0. The molecule has 4 nitrogen and oxygen atoms in total. The van der Waals surface area contributed by atoms with Crippen LogP contribution in [0.5, 0.6) is 5.75 Å². The first-order valence-corrected chi connectivity index (χ1v) is 7.85. The number of para-hydroxylation sites is 1. The zero-order chi connectivity index (χ0) is 18.3. The van der Waals surface area contributed by atoms with Crippen molar-refractivity contribution >= 4 is 11.7 Å². The van der Waals surface area contributed by atoms with Crippen LogP contribution >= 0.6 is 0 Å². The van der Waals surface area contributed by atoms with Crippen LogP contribution in [0.4, 0.5) is 23.7 Å². The number of rotatable bonds is 6. The minimum Gasteiger partial charge on any atom is -0.406 e. The molecule has 0 atom stereocenters. The van der Waals surface area contributed by atoms with Gasteiger partial charge in [-0.3, -0.25) is 0 Å². The highest BCUT2D eigenvalue weighted by molar-refractivity contribution is 5.90. The van der Waals surface area contributed by atoms with E-state index in [-0.39, 0.29) is 12.3 Å². The monoisotopic (exact) mass is 352 g/mol. The van der Waals surface area contributed by atoms with Gasteiger partial charge in [0.1, 0.15) is 5.75 Å². The Morgan fingerprint density at radius 2 is 1.88 bits per heavy atom. The van der Waals surface area contributed by atoms with E-state index in [1.165, 1.54) is 18.2 Å². The summed E-state index contributed by atoms with van der Waals surface area (Å²) in [4.78, 5) is 12.0. The Morgan fingerprint density at radius 3 is 2.60 bits per heavy atom. The summed E-state index contributed by atoms with van der Waals surface area (Å²) < 4.78 is 40.5. The van der Waals surface area contributed by atoms with Crippen molar-refractivity contribution in [2.45, 2.75) is 32.7 Å². The second kappa shape index (κ2) is 8.41. The van der Waals surface area contributed by atoms with Crippen LogP contribution in [0.1, 0.15) is 24.5 Å². The predicted molar refractivity (Wildman–Crippen MR) is 89.4 cm³/mol. The Labute approximate surface area is 144 Å². The third-order valence-corrected chi connectivity index (χ3v) is 3.37. The summed E-state index contributed by atoms with van der Waals surface area (Å²) in [6.07, 6.45) is -2.95. The molecule has 0 heterocycles. The fraction of sp³-hybridized carbons (Fsp3) is 0.278. The largest absolute Gasteiger partial charge is 0.573 e. The smallest absolute Gasteiger partial charge is 0.406 e. The first kappa shape index (κ1) is 18.6. The van der Waals surface area contributed by atoms with Gasteiger partial charge in [0.05, 0.1) is 0 Å². The Hall–Kier alpha value is -2.70. The highest BCUT2D eigenvalue weighted by Crippen LogP contribution is 2.23. The molecule has 2 aromatic carbocycles. The molecule has 0 aliphatic rings. The molecule has 0 spiro atoms. The van der Waals surface area contributed by atoms with Crippen molar-refractivity contribution in [1.82, 2.24) is 5.32 Å². The number of amides is 2. The van der Waals surface area contributed by atoms with Crippen molar-refractivity contribution < 1.29 is 22.7 Å². The van der Waals surface area contributed by atoms with E-state index >= 15 is 0 Å². The van der Waals surface area contributed by atoms with Crippen molar-refractivity contribution in [3.8, 4) is 5.75 Å². The van der Waals surface area contributed by atoms with Gasteiger partial charge in [0.25, 0.3) is 0 Å². The fourth-order valence-electron chi connectivity index (χ4n) is 2.33. The third-order valence-electron chi connectivity index (χ3n) is 3.37. The molecule has 25 heavy (non-hydrogen) atoms. The van der Waals surface area contributed by atoms with Crippen LogP contribution in [-0.2, 0) is 13.0 Å². The van der Waals surface area contributed by atoms with Crippen LogP contribution in [0, 0.1) is 0 Å². The SMILES string of the molecule is CCCc1ccccc1NC(=O)NCc1cccc(OC(F)(F)F)c1. The molecule has 0 aliphatic heterocycles. The highest BCUT2D eigenvalue weighted by Gasteiger charge is 2.31. The maximum Gasteiger partial charge on any atom is 0.573 e. The van der Waals surface area contributed by atoms with Gasteiger partial charge in [-0.05, 0) is 35.7 Å². The maximum atomic E-state index is 12.2. The van der Waals surface area contributed by atoms with Gasteiger partial charge in [-0.1, -0.05) is 43.7 Å². The second-order valence-electron chi connectivity index (χ2n) is 5.41. The van der Waals surface area contributed by atoms with E-state index in [2.05, 4.69) is 15.4 Å². The lowest BCUT2D eigenvalue weighted by molar-refractivity contribution is -0.274. The van der Waals surface area contributed by atoms with Gasteiger partial charge in [-0.25, -0.2) is 4.79 Å². The fourth-order valence-corrected chi connectivity index (χ4v) is 2.33. The number of carbonyl (C=O) groups is 1. The molecule has 0 radical (unpaired) electrons. The second-order valence-corrected chi connectivity index (χ2v) is 5.41.